The van der Waals surface area contributed by atoms with Gasteiger partial charge in [-0.15, -0.1) is 0 Å². The fraction of sp³-hybridized carbons (Fsp3) is 0.211. The Morgan fingerprint density at radius 3 is 2.23 bits per heavy atom. The number of ether oxygens (including phenoxy) is 2. The summed E-state index contributed by atoms with van der Waals surface area (Å²) in [5.74, 6) is -0.269. The minimum atomic E-state index is -0.696. The smallest absolute Gasteiger partial charge is 0.412 e. The van der Waals surface area contributed by atoms with Gasteiger partial charge in [0.1, 0.15) is 11.9 Å². The largest absolute Gasteiger partial charge is 0.495 e. The summed E-state index contributed by atoms with van der Waals surface area (Å²) in [6, 6.07) is 13.5. The first-order chi connectivity index (χ1) is 12.5. The molecule has 7 heteroatoms. The van der Waals surface area contributed by atoms with Crippen molar-refractivity contribution in [2.45, 2.75) is 13.0 Å². The highest BCUT2D eigenvalue weighted by atomic mass is 16.6. The highest BCUT2D eigenvalue weighted by molar-refractivity contribution is 6.21. The minimum absolute atomic E-state index is 0.0221. The van der Waals surface area contributed by atoms with Gasteiger partial charge in [-0.3, -0.25) is 19.8 Å². The summed E-state index contributed by atoms with van der Waals surface area (Å²) in [5, 5.41) is 2.58. The van der Waals surface area contributed by atoms with Crippen LogP contribution >= 0.6 is 0 Å². The van der Waals surface area contributed by atoms with Crippen molar-refractivity contribution >= 4 is 23.6 Å². The van der Waals surface area contributed by atoms with Gasteiger partial charge in [-0.25, -0.2) is 4.79 Å². The summed E-state index contributed by atoms with van der Waals surface area (Å²) in [5.41, 5.74) is 1.19. The molecule has 7 nitrogen and oxygen atoms in total. The maximum atomic E-state index is 12.3. The number of carbonyl (C=O) groups is 3. The number of carbonyl (C=O) groups excluding carboxylic acids is 3. The standard InChI is InChI=1S/C19H18N2O5/c1-12(26-19(24)20-15-9-5-6-10-16(15)25-2)11-21-17(22)13-7-3-4-8-14(13)18(21)23/h3-10,12H,11H2,1-2H3,(H,20,24). The van der Waals surface area contributed by atoms with Crippen LogP contribution in [0.1, 0.15) is 27.6 Å². The Bertz CT molecular complexity index is 830. The number of anilines is 1. The number of fused-ring (bicyclic) bond motifs is 1. The molecule has 1 N–H and O–H groups in total. The Morgan fingerprint density at radius 2 is 1.62 bits per heavy atom. The number of nitrogens with one attached hydrogen (secondary N) is 1. The number of imide groups is 1. The second kappa shape index (κ2) is 7.26. The molecule has 1 aliphatic heterocycles. The predicted octanol–water partition coefficient (Wildman–Crippen LogP) is 2.93. The van der Waals surface area contributed by atoms with E-state index in [0.29, 0.717) is 22.6 Å². The van der Waals surface area contributed by atoms with Gasteiger partial charge in [-0.1, -0.05) is 24.3 Å². The molecule has 0 spiro atoms. The van der Waals surface area contributed by atoms with Crippen LogP contribution in [0.5, 0.6) is 5.75 Å². The number of hydrogen-bond donors (Lipinski definition) is 1. The van der Waals surface area contributed by atoms with E-state index in [-0.39, 0.29) is 18.4 Å². The highest BCUT2D eigenvalue weighted by Gasteiger charge is 2.36. The maximum absolute atomic E-state index is 12.3. The van der Waals surface area contributed by atoms with Crippen LogP contribution in [0.15, 0.2) is 48.5 Å². The number of nitrogens with zero attached hydrogens (tertiary/aromatic N) is 1. The van der Waals surface area contributed by atoms with Crippen molar-refractivity contribution < 1.29 is 23.9 Å². The molecule has 1 heterocycles. The van der Waals surface area contributed by atoms with Crippen molar-refractivity contribution in [3.8, 4) is 5.75 Å². The lowest BCUT2D eigenvalue weighted by atomic mass is 10.1. The van der Waals surface area contributed by atoms with E-state index >= 15 is 0 Å². The van der Waals surface area contributed by atoms with Gasteiger partial charge in [-0.2, -0.15) is 0 Å². The van der Waals surface area contributed by atoms with E-state index in [4.69, 9.17) is 9.47 Å². The molecule has 2 aromatic rings. The molecule has 26 heavy (non-hydrogen) atoms. The van der Waals surface area contributed by atoms with E-state index in [1.165, 1.54) is 7.11 Å². The Balaban J connectivity index is 1.61. The molecule has 0 aromatic heterocycles. The highest BCUT2D eigenvalue weighted by Crippen LogP contribution is 2.24. The summed E-state index contributed by atoms with van der Waals surface area (Å²) in [6.07, 6.45) is -1.37. The van der Waals surface area contributed by atoms with Crippen molar-refractivity contribution in [3.05, 3.63) is 59.7 Å². The lowest BCUT2D eigenvalue weighted by molar-refractivity contribution is 0.0525. The van der Waals surface area contributed by atoms with Crippen LogP contribution in [0.3, 0.4) is 0 Å². The second-order valence-corrected chi connectivity index (χ2v) is 5.81. The zero-order valence-electron chi connectivity index (χ0n) is 14.4. The van der Waals surface area contributed by atoms with E-state index in [2.05, 4.69) is 5.32 Å². The molecule has 0 bridgehead atoms. The lowest BCUT2D eigenvalue weighted by Gasteiger charge is -2.20. The summed E-state index contributed by atoms with van der Waals surface area (Å²) < 4.78 is 10.4. The number of hydrogen-bond acceptors (Lipinski definition) is 5. The topological polar surface area (TPSA) is 84.9 Å². The van der Waals surface area contributed by atoms with E-state index in [0.717, 1.165) is 4.90 Å². The van der Waals surface area contributed by atoms with Crippen molar-refractivity contribution in [3.63, 3.8) is 0 Å². The molecular weight excluding hydrogens is 336 g/mol. The van der Waals surface area contributed by atoms with E-state index in [1.807, 2.05) is 0 Å². The van der Waals surface area contributed by atoms with Crippen LogP contribution in [0.2, 0.25) is 0 Å². The minimum Gasteiger partial charge on any atom is -0.495 e. The summed E-state index contributed by atoms with van der Waals surface area (Å²) in [4.78, 5) is 37.8. The van der Waals surface area contributed by atoms with Gasteiger partial charge >= 0.3 is 6.09 Å². The van der Waals surface area contributed by atoms with Crippen molar-refractivity contribution in [2.75, 3.05) is 19.0 Å². The van der Waals surface area contributed by atoms with Crippen LogP contribution < -0.4 is 10.1 Å². The quantitative estimate of drug-likeness (QED) is 0.835. The fourth-order valence-corrected chi connectivity index (χ4v) is 2.77. The van der Waals surface area contributed by atoms with E-state index in [1.54, 1.807) is 55.5 Å². The molecular formula is C19H18N2O5. The molecule has 0 saturated heterocycles. The molecule has 134 valence electrons. The lowest BCUT2D eigenvalue weighted by Crippen LogP contribution is -2.38. The first kappa shape index (κ1) is 17.5. The van der Waals surface area contributed by atoms with E-state index in [9.17, 15) is 14.4 Å². The van der Waals surface area contributed by atoms with Crippen molar-refractivity contribution in [2.24, 2.45) is 0 Å². The predicted molar refractivity (Wildman–Crippen MR) is 94.4 cm³/mol. The zero-order valence-corrected chi connectivity index (χ0v) is 14.4. The van der Waals surface area contributed by atoms with Gasteiger partial charge in [0, 0.05) is 0 Å². The van der Waals surface area contributed by atoms with Crippen LogP contribution in [-0.2, 0) is 4.74 Å². The third-order valence-corrected chi connectivity index (χ3v) is 3.97. The molecule has 1 atom stereocenters. The van der Waals surface area contributed by atoms with Crippen molar-refractivity contribution in [1.29, 1.82) is 0 Å². The molecule has 0 fully saturated rings. The average Bonchev–Trinajstić information content (AvgIpc) is 2.87. The first-order valence-electron chi connectivity index (χ1n) is 8.07. The van der Waals surface area contributed by atoms with Gasteiger partial charge in [0.2, 0.25) is 0 Å². The van der Waals surface area contributed by atoms with Gasteiger partial charge < -0.3 is 9.47 Å². The van der Waals surface area contributed by atoms with Crippen LogP contribution in [-0.4, -0.2) is 42.6 Å². The third-order valence-electron chi connectivity index (χ3n) is 3.97. The van der Waals surface area contributed by atoms with Crippen LogP contribution in [0.4, 0.5) is 10.5 Å². The summed E-state index contributed by atoms with van der Waals surface area (Å²) >= 11 is 0. The number of benzene rings is 2. The Labute approximate surface area is 150 Å². The molecule has 0 radical (unpaired) electrons. The Kier molecular flexibility index (Phi) is 4.88. The van der Waals surface area contributed by atoms with Crippen molar-refractivity contribution in [1.82, 2.24) is 4.90 Å². The number of amides is 3. The Morgan fingerprint density at radius 1 is 1.04 bits per heavy atom. The summed E-state index contributed by atoms with van der Waals surface area (Å²) in [7, 11) is 1.50. The molecule has 3 rings (SSSR count). The van der Waals surface area contributed by atoms with Crippen LogP contribution in [0.25, 0.3) is 0 Å². The second-order valence-electron chi connectivity index (χ2n) is 5.81. The molecule has 2 aromatic carbocycles. The Hall–Kier alpha value is -3.35. The maximum Gasteiger partial charge on any atom is 0.412 e. The zero-order chi connectivity index (χ0) is 18.7. The average molecular weight is 354 g/mol. The summed E-state index contributed by atoms with van der Waals surface area (Å²) in [6.45, 7) is 1.59. The molecule has 1 unspecified atom stereocenters. The number of rotatable bonds is 5. The van der Waals surface area contributed by atoms with Gasteiger partial charge in [-0.05, 0) is 31.2 Å². The first-order valence-corrected chi connectivity index (χ1v) is 8.07. The van der Waals surface area contributed by atoms with Gasteiger partial charge in [0.25, 0.3) is 11.8 Å². The fourth-order valence-electron chi connectivity index (χ4n) is 2.77. The molecule has 1 aliphatic rings. The van der Waals surface area contributed by atoms with Crippen LogP contribution in [0, 0.1) is 0 Å². The third kappa shape index (κ3) is 3.37. The molecule has 0 saturated carbocycles. The molecule has 0 aliphatic carbocycles. The monoisotopic (exact) mass is 354 g/mol. The van der Waals surface area contributed by atoms with E-state index < -0.39 is 12.2 Å². The number of methoxy groups -OCH3 is 1. The SMILES string of the molecule is COc1ccccc1NC(=O)OC(C)CN1C(=O)c2ccccc2C1=O. The van der Waals surface area contributed by atoms with Gasteiger partial charge in [0.15, 0.2) is 0 Å². The van der Waals surface area contributed by atoms with Gasteiger partial charge in [0.05, 0.1) is 30.5 Å². The normalized spacial score (nSPS) is 14.0. The number of para-hydroxylation sites is 2. The molecule has 3 amide bonds.